The van der Waals surface area contributed by atoms with Crippen molar-refractivity contribution >= 4 is 0 Å². The lowest BCUT2D eigenvalue weighted by molar-refractivity contribution is 0.0777. The molecule has 1 unspecified atom stereocenters. The molecule has 0 aliphatic rings. The molecule has 0 amide bonds. The summed E-state index contributed by atoms with van der Waals surface area (Å²) < 4.78 is 7.01. The summed E-state index contributed by atoms with van der Waals surface area (Å²) in [5, 5.41) is 25.8. The van der Waals surface area contributed by atoms with Crippen molar-refractivity contribution in [3.63, 3.8) is 0 Å². The van der Waals surface area contributed by atoms with Gasteiger partial charge in [-0.25, -0.2) is 4.68 Å². The fourth-order valence-corrected chi connectivity index (χ4v) is 1.62. The van der Waals surface area contributed by atoms with Gasteiger partial charge in [0.2, 0.25) is 0 Å². The van der Waals surface area contributed by atoms with Crippen molar-refractivity contribution in [1.29, 1.82) is 0 Å². The van der Waals surface area contributed by atoms with E-state index in [2.05, 4.69) is 10.3 Å². The number of hydrogen-bond acceptors (Lipinski definition) is 5. The number of ether oxygens (including phenoxy) is 1. The summed E-state index contributed by atoms with van der Waals surface area (Å²) in [5.74, 6) is 0. The molecule has 0 fully saturated rings. The van der Waals surface area contributed by atoms with Gasteiger partial charge in [0.15, 0.2) is 0 Å². The lowest BCUT2D eigenvalue weighted by atomic mass is 10.2. The van der Waals surface area contributed by atoms with E-state index in [4.69, 9.17) is 9.84 Å². The van der Waals surface area contributed by atoms with Crippen molar-refractivity contribution in [2.24, 2.45) is 0 Å². The molecule has 2 rings (SSSR count). The molecule has 1 aromatic heterocycles. The molecule has 0 bridgehead atoms. The third-order valence-electron chi connectivity index (χ3n) is 2.56. The third-order valence-corrected chi connectivity index (χ3v) is 2.56. The average molecular weight is 263 g/mol. The van der Waals surface area contributed by atoms with E-state index >= 15 is 0 Å². The van der Waals surface area contributed by atoms with Gasteiger partial charge in [-0.15, -0.1) is 5.10 Å². The Bertz CT molecular complexity index is 487. The molecule has 0 saturated heterocycles. The quantitative estimate of drug-likeness (QED) is 0.753. The predicted molar refractivity (Wildman–Crippen MR) is 68.0 cm³/mol. The Kier molecular flexibility index (Phi) is 5.02. The highest BCUT2D eigenvalue weighted by molar-refractivity contribution is 5.13. The van der Waals surface area contributed by atoms with Gasteiger partial charge in [0.1, 0.15) is 5.69 Å². The maximum absolute atomic E-state index is 9.28. The minimum absolute atomic E-state index is 0.224. The van der Waals surface area contributed by atoms with E-state index in [0.717, 1.165) is 5.56 Å². The first-order chi connectivity index (χ1) is 9.28. The predicted octanol–water partition coefficient (Wildman–Crippen LogP) is 0.348. The second kappa shape index (κ2) is 6.98. The van der Waals surface area contributed by atoms with E-state index in [0.29, 0.717) is 18.9 Å². The molecule has 1 aromatic carbocycles. The Labute approximate surface area is 111 Å². The zero-order valence-electron chi connectivity index (χ0n) is 10.5. The SMILES string of the molecule is OCC(O)Cn1cc(COCc2ccccc2)nn1. The van der Waals surface area contributed by atoms with Gasteiger partial charge in [-0.2, -0.15) is 0 Å². The molecule has 1 heterocycles. The molecule has 0 saturated carbocycles. The average Bonchev–Trinajstić information content (AvgIpc) is 2.87. The molecule has 0 aliphatic carbocycles. The Morgan fingerprint density at radius 1 is 1.21 bits per heavy atom. The van der Waals surface area contributed by atoms with E-state index in [1.807, 2.05) is 30.3 Å². The molecule has 1 atom stereocenters. The minimum Gasteiger partial charge on any atom is -0.394 e. The van der Waals surface area contributed by atoms with Crippen molar-refractivity contribution in [3.8, 4) is 0 Å². The highest BCUT2D eigenvalue weighted by Gasteiger charge is 2.06. The largest absolute Gasteiger partial charge is 0.394 e. The first-order valence-corrected chi connectivity index (χ1v) is 6.07. The van der Waals surface area contributed by atoms with Gasteiger partial charge < -0.3 is 14.9 Å². The fraction of sp³-hybridized carbons (Fsp3) is 0.385. The van der Waals surface area contributed by atoms with Crippen LogP contribution in [0.5, 0.6) is 0 Å². The van der Waals surface area contributed by atoms with E-state index in [9.17, 15) is 5.11 Å². The first-order valence-electron chi connectivity index (χ1n) is 6.07. The monoisotopic (exact) mass is 263 g/mol. The summed E-state index contributed by atoms with van der Waals surface area (Å²) in [6, 6.07) is 9.88. The molecule has 2 aromatic rings. The van der Waals surface area contributed by atoms with Gasteiger partial charge >= 0.3 is 0 Å². The van der Waals surface area contributed by atoms with Crippen LogP contribution in [0.4, 0.5) is 0 Å². The molecular formula is C13H17N3O3. The van der Waals surface area contributed by atoms with Crippen molar-refractivity contribution < 1.29 is 14.9 Å². The fourth-order valence-electron chi connectivity index (χ4n) is 1.62. The molecular weight excluding hydrogens is 246 g/mol. The summed E-state index contributed by atoms with van der Waals surface area (Å²) in [6.45, 7) is 0.818. The van der Waals surface area contributed by atoms with Crippen LogP contribution < -0.4 is 0 Å². The number of aliphatic hydroxyl groups excluding tert-OH is 2. The van der Waals surface area contributed by atoms with E-state index in [1.165, 1.54) is 4.68 Å². The van der Waals surface area contributed by atoms with Crippen LogP contribution in [0.15, 0.2) is 36.5 Å². The molecule has 0 radical (unpaired) electrons. The highest BCUT2D eigenvalue weighted by atomic mass is 16.5. The maximum atomic E-state index is 9.28. The molecule has 102 valence electrons. The third kappa shape index (κ3) is 4.44. The summed E-state index contributed by atoms with van der Waals surface area (Å²) in [4.78, 5) is 0. The summed E-state index contributed by atoms with van der Waals surface area (Å²) in [6.07, 6.45) is 0.879. The van der Waals surface area contributed by atoms with Gasteiger partial charge in [-0.1, -0.05) is 35.5 Å². The lowest BCUT2D eigenvalue weighted by Crippen LogP contribution is -2.20. The number of hydrogen-bond donors (Lipinski definition) is 2. The van der Waals surface area contributed by atoms with Crippen LogP contribution in [0.2, 0.25) is 0 Å². The number of aromatic nitrogens is 3. The van der Waals surface area contributed by atoms with Crippen LogP contribution in [-0.2, 0) is 24.5 Å². The number of benzene rings is 1. The Balaban J connectivity index is 1.77. The number of rotatable bonds is 7. The second-order valence-electron chi connectivity index (χ2n) is 4.25. The Morgan fingerprint density at radius 2 is 2.00 bits per heavy atom. The number of aliphatic hydroxyl groups is 2. The van der Waals surface area contributed by atoms with E-state index in [-0.39, 0.29) is 13.2 Å². The normalized spacial score (nSPS) is 12.5. The molecule has 0 spiro atoms. The molecule has 6 heteroatoms. The smallest absolute Gasteiger partial charge is 0.108 e. The molecule has 6 nitrogen and oxygen atoms in total. The zero-order valence-corrected chi connectivity index (χ0v) is 10.5. The Morgan fingerprint density at radius 3 is 2.74 bits per heavy atom. The van der Waals surface area contributed by atoms with Gasteiger partial charge in [0.05, 0.1) is 38.7 Å². The van der Waals surface area contributed by atoms with Crippen molar-refractivity contribution in [3.05, 3.63) is 47.8 Å². The maximum Gasteiger partial charge on any atom is 0.108 e. The van der Waals surface area contributed by atoms with Crippen LogP contribution in [0.1, 0.15) is 11.3 Å². The zero-order chi connectivity index (χ0) is 13.5. The second-order valence-corrected chi connectivity index (χ2v) is 4.25. The summed E-state index contributed by atoms with van der Waals surface area (Å²) in [7, 11) is 0. The van der Waals surface area contributed by atoms with Crippen LogP contribution in [0, 0.1) is 0 Å². The van der Waals surface area contributed by atoms with Crippen LogP contribution >= 0.6 is 0 Å². The van der Waals surface area contributed by atoms with Crippen LogP contribution in [0.25, 0.3) is 0 Å². The van der Waals surface area contributed by atoms with Gasteiger partial charge in [-0.05, 0) is 5.56 Å². The van der Waals surface area contributed by atoms with Crippen LogP contribution in [0.3, 0.4) is 0 Å². The van der Waals surface area contributed by atoms with Gasteiger partial charge in [-0.3, -0.25) is 0 Å². The van der Waals surface area contributed by atoms with Crippen molar-refractivity contribution in [2.45, 2.75) is 25.9 Å². The molecule has 0 aliphatic heterocycles. The molecule has 19 heavy (non-hydrogen) atoms. The number of nitrogens with zero attached hydrogens (tertiary/aromatic N) is 3. The highest BCUT2D eigenvalue weighted by Crippen LogP contribution is 2.03. The molecule has 2 N–H and O–H groups in total. The van der Waals surface area contributed by atoms with E-state index in [1.54, 1.807) is 6.20 Å². The first kappa shape index (κ1) is 13.7. The van der Waals surface area contributed by atoms with E-state index < -0.39 is 6.10 Å². The Hall–Kier alpha value is -1.76. The van der Waals surface area contributed by atoms with Gasteiger partial charge in [0.25, 0.3) is 0 Å². The summed E-state index contributed by atoms with van der Waals surface area (Å²) >= 11 is 0. The minimum atomic E-state index is -0.820. The lowest BCUT2D eigenvalue weighted by Gasteiger charge is -2.05. The van der Waals surface area contributed by atoms with Crippen LogP contribution in [-0.4, -0.2) is 37.9 Å². The van der Waals surface area contributed by atoms with Crippen molar-refractivity contribution in [2.75, 3.05) is 6.61 Å². The summed E-state index contributed by atoms with van der Waals surface area (Å²) in [5.41, 5.74) is 1.80. The topological polar surface area (TPSA) is 80.4 Å². The van der Waals surface area contributed by atoms with Crippen molar-refractivity contribution in [1.82, 2.24) is 15.0 Å². The standard InChI is InChI=1S/C13H17N3O3/c17-8-13(18)7-16-6-12(14-15-16)10-19-9-11-4-2-1-3-5-11/h1-6,13,17-18H,7-10H2. The van der Waals surface area contributed by atoms with Gasteiger partial charge in [0, 0.05) is 0 Å².